The number of halogens is 3. The third-order valence-corrected chi connectivity index (χ3v) is 3.18. The van der Waals surface area contributed by atoms with Crippen LogP contribution in [-0.2, 0) is 6.18 Å². The van der Waals surface area contributed by atoms with Gasteiger partial charge < -0.3 is 10.6 Å². The average Bonchev–Trinajstić information content (AvgIpc) is 2.25. The number of anilines is 2. The molecular formula is C12H17F3N4. The van der Waals surface area contributed by atoms with Crippen LogP contribution in [0, 0.1) is 11.8 Å². The summed E-state index contributed by atoms with van der Waals surface area (Å²) in [6, 6.07) is 1.40. The summed E-state index contributed by atoms with van der Waals surface area (Å²) in [5.41, 5.74) is 5.45. The van der Waals surface area contributed by atoms with Crippen LogP contribution in [0.3, 0.4) is 0 Å². The maximum Gasteiger partial charge on any atom is 0.451 e. The predicted octanol–water partition coefficient (Wildman–Crippen LogP) is 2.56. The molecule has 2 N–H and O–H groups in total. The molecule has 2 unspecified atom stereocenters. The molecule has 0 amide bonds. The van der Waals surface area contributed by atoms with Crippen molar-refractivity contribution in [3.05, 3.63) is 11.9 Å². The first-order valence-electron chi connectivity index (χ1n) is 6.22. The van der Waals surface area contributed by atoms with Gasteiger partial charge in [-0.05, 0) is 18.3 Å². The summed E-state index contributed by atoms with van der Waals surface area (Å²) in [5.74, 6) is -0.210. The normalized spacial score (nSPS) is 24.6. The molecule has 1 saturated heterocycles. The Kier molecular flexibility index (Phi) is 3.56. The van der Waals surface area contributed by atoms with E-state index in [0.29, 0.717) is 24.9 Å². The Bertz CT molecular complexity index is 451. The minimum atomic E-state index is -4.57. The number of nitrogen functional groups attached to an aromatic ring is 1. The van der Waals surface area contributed by atoms with E-state index < -0.39 is 12.0 Å². The van der Waals surface area contributed by atoms with Crippen molar-refractivity contribution in [2.24, 2.45) is 11.8 Å². The summed E-state index contributed by atoms with van der Waals surface area (Å²) in [6.07, 6.45) is -3.50. The number of hydrogen-bond acceptors (Lipinski definition) is 4. The van der Waals surface area contributed by atoms with E-state index in [2.05, 4.69) is 23.8 Å². The molecule has 1 aromatic heterocycles. The van der Waals surface area contributed by atoms with Gasteiger partial charge in [0.15, 0.2) is 0 Å². The zero-order valence-electron chi connectivity index (χ0n) is 10.9. The Hall–Kier alpha value is -1.53. The highest BCUT2D eigenvalue weighted by atomic mass is 19.4. The van der Waals surface area contributed by atoms with E-state index in [-0.39, 0.29) is 11.6 Å². The molecule has 0 bridgehead atoms. The molecule has 0 saturated carbocycles. The fraction of sp³-hybridized carbons (Fsp3) is 0.667. The van der Waals surface area contributed by atoms with Gasteiger partial charge in [-0.1, -0.05) is 13.8 Å². The number of nitrogens with zero attached hydrogens (tertiary/aromatic N) is 3. The molecule has 106 valence electrons. The van der Waals surface area contributed by atoms with Gasteiger partial charge in [-0.3, -0.25) is 0 Å². The summed E-state index contributed by atoms with van der Waals surface area (Å²) in [4.78, 5) is 8.71. The lowest BCUT2D eigenvalue weighted by Crippen LogP contribution is -2.39. The van der Waals surface area contributed by atoms with Crippen LogP contribution in [0.4, 0.5) is 24.8 Å². The third kappa shape index (κ3) is 3.27. The number of piperidine rings is 1. The van der Waals surface area contributed by atoms with Gasteiger partial charge in [-0.15, -0.1) is 0 Å². The number of aromatic nitrogens is 2. The first-order valence-corrected chi connectivity index (χ1v) is 6.22. The van der Waals surface area contributed by atoms with Gasteiger partial charge in [0.2, 0.25) is 5.82 Å². The van der Waals surface area contributed by atoms with E-state index in [4.69, 9.17) is 5.73 Å². The molecule has 0 spiro atoms. The second-order valence-corrected chi connectivity index (χ2v) is 5.32. The highest BCUT2D eigenvalue weighted by molar-refractivity contribution is 5.47. The molecule has 0 aromatic carbocycles. The molecular weight excluding hydrogens is 257 g/mol. The summed E-state index contributed by atoms with van der Waals surface area (Å²) < 4.78 is 38.0. The van der Waals surface area contributed by atoms with Crippen molar-refractivity contribution in [1.82, 2.24) is 9.97 Å². The van der Waals surface area contributed by atoms with Gasteiger partial charge in [0.1, 0.15) is 11.6 Å². The molecule has 19 heavy (non-hydrogen) atoms. The first-order chi connectivity index (χ1) is 8.75. The first kappa shape index (κ1) is 13.9. The number of nitrogens with two attached hydrogens (primary N) is 1. The number of alkyl halides is 3. The van der Waals surface area contributed by atoms with E-state index in [9.17, 15) is 13.2 Å². The van der Waals surface area contributed by atoms with Gasteiger partial charge in [-0.2, -0.15) is 13.2 Å². The van der Waals surface area contributed by atoms with E-state index in [0.717, 1.165) is 6.42 Å². The Balaban J connectivity index is 2.31. The summed E-state index contributed by atoms with van der Waals surface area (Å²) in [7, 11) is 0. The van der Waals surface area contributed by atoms with Crippen LogP contribution in [0.2, 0.25) is 0 Å². The molecule has 2 rings (SSSR count). The minimum Gasteiger partial charge on any atom is -0.384 e. The zero-order chi connectivity index (χ0) is 14.2. The van der Waals surface area contributed by atoms with Crippen LogP contribution >= 0.6 is 0 Å². The van der Waals surface area contributed by atoms with E-state index in [1.807, 2.05) is 4.90 Å². The van der Waals surface area contributed by atoms with Gasteiger partial charge in [0, 0.05) is 19.2 Å². The van der Waals surface area contributed by atoms with Crippen LogP contribution in [0.15, 0.2) is 6.07 Å². The van der Waals surface area contributed by atoms with E-state index in [1.54, 1.807) is 0 Å². The van der Waals surface area contributed by atoms with Crippen LogP contribution in [0.1, 0.15) is 26.1 Å². The maximum atomic E-state index is 12.7. The molecule has 4 nitrogen and oxygen atoms in total. The predicted molar refractivity (Wildman–Crippen MR) is 66.6 cm³/mol. The monoisotopic (exact) mass is 274 g/mol. The SMILES string of the molecule is CC1CC(C)CN(c2cc(N)nc(C(F)(F)F)n2)C1. The highest BCUT2D eigenvalue weighted by Crippen LogP contribution is 2.30. The summed E-state index contributed by atoms with van der Waals surface area (Å²) >= 11 is 0. The minimum absolute atomic E-state index is 0.150. The molecule has 0 radical (unpaired) electrons. The fourth-order valence-corrected chi connectivity index (χ4v) is 2.59. The summed E-state index contributed by atoms with van der Waals surface area (Å²) in [5, 5.41) is 0. The Morgan fingerprint density at radius 3 is 2.32 bits per heavy atom. The van der Waals surface area contributed by atoms with Gasteiger partial charge in [-0.25, -0.2) is 9.97 Å². The lowest BCUT2D eigenvalue weighted by atomic mass is 9.92. The zero-order valence-corrected chi connectivity index (χ0v) is 10.9. The second-order valence-electron chi connectivity index (χ2n) is 5.32. The molecule has 0 aliphatic carbocycles. The highest BCUT2D eigenvalue weighted by Gasteiger charge is 2.36. The fourth-order valence-electron chi connectivity index (χ4n) is 2.59. The molecule has 7 heteroatoms. The Morgan fingerprint density at radius 2 is 1.79 bits per heavy atom. The lowest BCUT2D eigenvalue weighted by Gasteiger charge is -2.35. The standard InChI is InChI=1S/C12H17F3N4/c1-7-3-8(2)6-19(5-7)10-4-9(16)17-11(18-10)12(13,14)15/h4,7-8H,3,5-6H2,1-2H3,(H2,16,17,18). The van der Waals surface area contributed by atoms with Crippen molar-refractivity contribution >= 4 is 11.6 Å². The van der Waals surface area contributed by atoms with Crippen molar-refractivity contribution in [2.75, 3.05) is 23.7 Å². The van der Waals surface area contributed by atoms with Gasteiger partial charge >= 0.3 is 6.18 Å². The van der Waals surface area contributed by atoms with Crippen molar-refractivity contribution in [3.8, 4) is 0 Å². The van der Waals surface area contributed by atoms with Crippen LogP contribution < -0.4 is 10.6 Å². The van der Waals surface area contributed by atoms with Crippen molar-refractivity contribution in [1.29, 1.82) is 0 Å². The number of rotatable bonds is 1. The van der Waals surface area contributed by atoms with Crippen molar-refractivity contribution < 1.29 is 13.2 Å². The molecule has 1 fully saturated rings. The lowest BCUT2D eigenvalue weighted by molar-refractivity contribution is -0.144. The maximum absolute atomic E-state index is 12.7. The second kappa shape index (κ2) is 4.86. The largest absolute Gasteiger partial charge is 0.451 e. The Labute approximate surface area is 109 Å². The van der Waals surface area contributed by atoms with Crippen LogP contribution in [0.5, 0.6) is 0 Å². The molecule has 1 aliphatic heterocycles. The van der Waals surface area contributed by atoms with Crippen LogP contribution in [0.25, 0.3) is 0 Å². The van der Waals surface area contributed by atoms with Gasteiger partial charge in [0.25, 0.3) is 0 Å². The Morgan fingerprint density at radius 1 is 1.21 bits per heavy atom. The van der Waals surface area contributed by atoms with Gasteiger partial charge in [0.05, 0.1) is 0 Å². The van der Waals surface area contributed by atoms with Crippen molar-refractivity contribution in [2.45, 2.75) is 26.4 Å². The third-order valence-electron chi connectivity index (χ3n) is 3.18. The number of hydrogen-bond donors (Lipinski definition) is 1. The molecule has 1 aliphatic rings. The smallest absolute Gasteiger partial charge is 0.384 e. The van der Waals surface area contributed by atoms with E-state index in [1.165, 1.54) is 6.07 Å². The van der Waals surface area contributed by atoms with E-state index >= 15 is 0 Å². The average molecular weight is 274 g/mol. The molecule has 2 heterocycles. The quantitative estimate of drug-likeness (QED) is 0.855. The van der Waals surface area contributed by atoms with Crippen molar-refractivity contribution in [3.63, 3.8) is 0 Å². The molecule has 2 atom stereocenters. The summed E-state index contributed by atoms with van der Waals surface area (Å²) in [6.45, 7) is 5.55. The topological polar surface area (TPSA) is 55.0 Å². The molecule has 1 aromatic rings. The van der Waals surface area contributed by atoms with Crippen LogP contribution in [-0.4, -0.2) is 23.1 Å².